The normalized spacial score (nSPS) is 11.8. The fourth-order valence-electron chi connectivity index (χ4n) is 1.90. The quantitative estimate of drug-likeness (QED) is 0.915. The molecule has 0 atom stereocenters. The molecule has 0 amide bonds. The topological polar surface area (TPSA) is 63.4 Å². The van der Waals surface area contributed by atoms with Crippen molar-refractivity contribution < 1.29 is 8.42 Å². The van der Waals surface area contributed by atoms with Gasteiger partial charge in [0.1, 0.15) is 0 Å². The highest BCUT2D eigenvalue weighted by Gasteiger charge is 2.20. The number of hydrogen-bond donors (Lipinski definition) is 1. The SMILES string of the molecule is CN(Cc1ccc(CN)cc1)S(=O)(=O)c1ccccc1. The van der Waals surface area contributed by atoms with Gasteiger partial charge in [-0.1, -0.05) is 42.5 Å². The average Bonchev–Trinajstić information content (AvgIpc) is 2.49. The highest BCUT2D eigenvalue weighted by molar-refractivity contribution is 7.89. The van der Waals surface area contributed by atoms with Gasteiger partial charge in [-0.25, -0.2) is 8.42 Å². The lowest BCUT2D eigenvalue weighted by atomic mass is 10.1. The van der Waals surface area contributed by atoms with Gasteiger partial charge in [0.25, 0.3) is 0 Å². The molecule has 2 rings (SSSR count). The number of benzene rings is 2. The first-order valence-electron chi connectivity index (χ1n) is 6.33. The largest absolute Gasteiger partial charge is 0.326 e. The Bertz CT molecular complexity index is 652. The molecule has 0 saturated carbocycles. The van der Waals surface area contributed by atoms with Crippen molar-refractivity contribution in [2.75, 3.05) is 7.05 Å². The van der Waals surface area contributed by atoms with Crippen LogP contribution in [0.3, 0.4) is 0 Å². The molecule has 0 radical (unpaired) electrons. The molecule has 0 bridgehead atoms. The van der Waals surface area contributed by atoms with Crippen molar-refractivity contribution in [1.29, 1.82) is 0 Å². The van der Waals surface area contributed by atoms with Crippen LogP contribution in [0, 0.1) is 0 Å². The summed E-state index contributed by atoms with van der Waals surface area (Å²) in [5.74, 6) is 0. The minimum Gasteiger partial charge on any atom is -0.326 e. The van der Waals surface area contributed by atoms with Gasteiger partial charge >= 0.3 is 0 Å². The summed E-state index contributed by atoms with van der Waals surface area (Å²) in [7, 11) is -1.86. The summed E-state index contributed by atoms with van der Waals surface area (Å²) in [6.45, 7) is 0.820. The van der Waals surface area contributed by atoms with E-state index in [1.165, 1.54) is 4.31 Å². The summed E-state index contributed by atoms with van der Waals surface area (Å²) in [6.07, 6.45) is 0. The molecule has 0 aliphatic heterocycles. The van der Waals surface area contributed by atoms with Crippen LogP contribution in [-0.4, -0.2) is 19.8 Å². The molecule has 0 fully saturated rings. The molecule has 0 heterocycles. The molecular formula is C15H18N2O2S. The van der Waals surface area contributed by atoms with Gasteiger partial charge in [0.2, 0.25) is 10.0 Å². The number of sulfonamides is 1. The second kappa shape index (κ2) is 6.17. The molecule has 0 aliphatic rings. The summed E-state index contributed by atoms with van der Waals surface area (Å²) in [5.41, 5.74) is 7.50. The molecule has 2 N–H and O–H groups in total. The van der Waals surface area contributed by atoms with E-state index in [9.17, 15) is 8.42 Å². The lowest BCUT2D eigenvalue weighted by Gasteiger charge is -2.17. The Kier molecular flexibility index (Phi) is 4.54. The van der Waals surface area contributed by atoms with Gasteiger partial charge in [-0.3, -0.25) is 0 Å². The van der Waals surface area contributed by atoms with Crippen LogP contribution in [0.4, 0.5) is 0 Å². The van der Waals surface area contributed by atoms with E-state index >= 15 is 0 Å². The first kappa shape index (κ1) is 14.7. The van der Waals surface area contributed by atoms with Crippen molar-refractivity contribution in [3.63, 3.8) is 0 Å². The number of hydrogen-bond acceptors (Lipinski definition) is 3. The van der Waals surface area contributed by atoms with Crippen LogP contribution >= 0.6 is 0 Å². The molecule has 0 unspecified atom stereocenters. The standard InChI is InChI=1S/C15H18N2O2S/c1-17(12-14-9-7-13(11-16)8-10-14)20(18,19)15-5-3-2-4-6-15/h2-10H,11-12,16H2,1H3. The zero-order chi connectivity index (χ0) is 14.6. The van der Waals surface area contributed by atoms with E-state index in [1.54, 1.807) is 37.4 Å². The molecule has 0 spiro atoms. The van der Waals surface area contributed by atoms with Gasteiger partial charge in [0.15, 0.2) is 0 Å². The fourth-order valence-corrected chi connectivity index (χ4v) is 3.08. The predicted molar refractivity (Wildman–Crippen MR) is 79.4 cm³/mol. The van der Waals surface area contributed by atoms with Crippen LogP contribution in [0.5, 0.6) is 0 Å². The van der Waals surface area contributed by atoms with E-state index in [0.717, 1.165) is 11.1 Å². The molecule has 0 aromatic heterocycles. The second-order valence-corrected chi connectivity index (χ2v) is 6.64. The highest BCUT2D eigenvalue weighted by Crippen LogP contribution is 2.16. The Morgan fingerprint density at radius 3 is 2.05 bits per heavy atom. The van der Waals surface area contributed by atoms with Crippen molar-refractivity contribution in [1.82, 2.24) is 4.31 Å². The molecule has 2 aromatic rings. The Morgan fingerprint density at radius 2 is 1.50 bits per heavy atom. The van der Waals surface area contributed by atoms with Gasteiger partial charge in [-0.2, -0.15) is 4.31 Å². The molecule has 5 heteroatoms. The van der Waals surface area contributed by atoms with Crippen LogP contribution in [-0.2, 0) is 23.1 Å². The van der Waals surface area contributed by atoms with Gasteiger partial charge in [-0.15, -0.1) is 0 Å². The summed E-state index contributed by atoms with van der Waals surface area (Å²) < 4.78 is 26.1. The fraction of sp³-hybridized carbons (Fsp3) is 0.200. The maximum absolute atomic E-state index is 12.4. The van der Waals surface area contributed by atoms with Crippen LogP contribution in [0.15, 0.2) is 59.5 Å². The minimum absolute atomic E-state index is 0.307. The van der Waals surface area contributed by atoms with Crippen LogP contribution in [0.1, 0.15) is 11.1 Å². The van der Waals surface area contributed by atoms with E-state index in [4.69, 9.17) is 5.73 Å². The molecule has 0 saturated heterocycles. The van der Waals surface area contributed by atoms with Gasteiger partial charge < -0.3 is 5.73 Å². The van der Waals surface area contributed by atoms with Gasteiger partial charge in [-0.05, 0) is 23.3 Å². The highest BCUT2D eigenvalue weighted by atomic mass is 32.2. The van der Waals surface area contributed by atoms with E-state index in [2.05, 4.69) is 0 Å². The molecule has 0 aliphatic carbocycles. The summed E-state index contributed by atoms with van der Waals surface area (Å²) in [6, 6.07) is 16.1. The Balaban J connectivity index is 2.16. The van der Waals surface area contributed by atoms with Gasteiger partial charge in [0.05, 0.1) is 4.90 Å². The first-order chi connectivity index (χ1) is 9.54. The third-order valence-corrected chi connectivity index (χ3v) is 4.93. The molecule has 106 valence electrons. The van der Waals surface area contributed by atoms with Crippen LogP contribution < -0.4 is 5.73 Å². The number of nitrogens with two attached hydrogens (primary N) is 1. The third kappa shape index (κ3) is 3.25. The Morgan fingerprint density at radius 1 is 0.950 bits per heavy atom. The zero-order valence-electron chi connectivity index (χ0n) is 11.4. The van der Waals surface area contributed by atoms with Crippen molar-refractivity contribution in [3.8, 4) is 0 Å². The van der Waals surface area contributed by atoms with Crippen molar-refractivity contribution >= 4 is 10.0 Å². The molecule has 4 nitrogen and oxygen atoms in total. The Labute approximate surface area is 119 Å². The van der Waals surface area contributed by atoms with Crippen molar-refractivity contribution in [2.45, 2.75) is 18.0 Å². The summed E-state index contributed by atoms with van der Waals surface area (Å²) >= 11 is 0. The smallest absolute Gasteiger partial charge is 0.243 e. The predicted octanol–water partition coefficient (Wildman–Crippen LogP) is 1.97. The van der Waals surface area contributed by atoms with Crippen molar-refractivity contribution in [2.24, 2.45) is 5.73 Å². The van der Waals surface area contributed by atoms with Crippen LogP contribution in [0.25, 0.3) is 0 Å². The third-order valence-electron chi connectivity index (χ3n) is 3.12. The molecular weight excluding hydrogens is 272 g/mol. The monoisotopic (exact) mass is 290 g/mol. The van der Waals surface area contributed by atoms with E-state index in [-0.39, 0.29) is 0 Å². The maximum Gasteiger partial charge on any atom is 0.243 e. The minimum atomic E-state index is -3.44. The first-order valence-corrected chi connectivity index (χ1v) is 7.77. The van der Waals surface area contributed by atoms with E-state index in [0.29, 0.717) is 18.0 Å². The zero-order valence-corrected chi connectivity index (χ0v) is 12.2. The molecule has 20 heavy (non-hydrogen) atoms. The maximum atomic E-state index is 12.4. The molecule has 2 aromatic carbocycles. The van der Waals surface area contributed by atoms with Crippen LogP contribution in [0.2, 0.25) is 0 Å². The second-order valence-electron chi connectivity index (χ2n) is 4.59. The van der Waals surface area contributed by atoms with E-state index in [1.807, 2.05) is 24.3 Å². The summed E-state index contributed by atoms with van der Waals surface area (Å²) in [5, 5.41) is 0. The lowest BCUT2D eigenvalue weighted by molar-refractivity contribution is 0.466. The number of nitrogens with zero attached hydrogens (tertiary/aromatic N) is 1. The summed E-state index contributed by atoms with van der Waals surface area (Å²) in [4.78, 5) is 0.307. The number of rotatable bonds is 5. The average molecular weight is 290 g/mol. The van der Waals surface area contributed by atoms with Gasteiger partial charge in [0, 0.05) is 20.1 Å². The van der Waals surface area contributed by atoms with Crippen molar-refractivity contribution in [3.05, 3.63) is 65.7 Å². The Hall–Kier alpha value is -1.69. The lowest BCUT2D eigenvalue weighted by Crippen LogP contribution is -2.26. The van der Waals surface area contributed by atoms with E-state index < -0.39 is 10.0 Å².